The fraction of sp³-hybridized carbons (Fsp3) is 0.429. The largest absolute Gasteiger partial charge is 0.356 e. The summed E-state index contributed by atoms with van der Waals surface area (Å²) in [6, 6.07) is 9.87. The van der Waals surface area contributed by atoms with E-state index in [1.165, 1.54) is 25.7 Å². The standard InChI is InChI=1S/C21H26N6O/c1-16(17-9-5-4-6-10-17)25-19(28)14-27-21-18(13-24-27)20(22-15-23-21)26-11-7-2-3-8-12-26/h4-6,9-10,13,15-16H,2-3,7-8,11-12,14H2,1H3,(H,25,28)/t16-/m0/s1. The maximum Gasteiger partial charge on any atom is 0.242 e. The molecule has 1 N–H and O–H groups in total. The molecule has 1 amide bonds. The molecular formula is C21H26N6O. The smallest absolute Gasteiger partial charge is 0.242 e. The number of anilines is 1. The van der Waals surface area contributed by atoms with Crippen molar-refractivity contribution >= 4 is 22.8 Å². The van der Waals surface area contributed by atoms with Gasteiger partial charge in [-0.3, -0.25) is 4.79 Å². The van der Waals surface area contributed by atoms with Crippen LogP contribution in [0.1, 0.15) is 44.2 Å². The van der Waals surface area contributed by atoms with Crippen LogP contribution in [0.5, 0.6) is 0 Å². The van der Waals surface area contributed by atoms with E-state index in [4.69, 9.17) is 0 Å². The van der Waals surface area contributed by atoms with Crippen molar-refractivity contribution in [3.63, 3.8) is 0 Å². The van der Waals surface area contributed by atoms with E-state index in [0.717, 1.165) is 29.9 Å². The number of carbonyl (C=O) groups excluding carboxylic acids is 1. The molecule has 1 aromatic carbocycles. The molecule has 7 heteroatoms. The first-order chi connectivity index (χ1) is 13.7. The van der Waals surface area contributed by atoms with Crippen LogP contribution in [0, 0.1) is 0 Å². The van der Waals surface area contributed by atoms with E-state index in [2.05, 4.69) is 25.3 Å². The lowest BCUT2D eigenvalue weighted by Gasteiger charge is -2.21. The van der Waals surface area contributed by atoms with Crippen molar-refractivity contribution in [2.24, 2.45) is 0 Å². The van der Waals surface area contributed by atoms with Gasteiger partial charge in [-0.25, -0.2) is 14.6 Å². The third-order valence-electron chi connectivity index (χ3n) is 5.29. The quantitative estimate of drug-likeness (QED) is 0.738. The lowest BCUT2D eigenvalue weighted by Crippen LogP contribution is -2.30. The van der Waals surface area contributed by atoms with Gasteiger partial charge in [-0.05, 0) is 25.3 Å². The van der Waals surface area contributed by atoms with Gasteiger partial charge in [0.15, 0.2) is 5.65 Å². The van der Waals surface area contributed by atoms with Crippen molar-refractivity contribution in [2.75, 3.05) is 18.0 Å². The summed E-state index contributed by atoms with van der Waals surface area (Å²) in [6.45, 7) is 4.13. The van der Waals surface area contributed by atoms with Crippen LogP contribution >= 0.6 is 0 Å². The minimum absolute atomic E-state index is 0.0576. The molecule has 3 heterocycles. The van der Waals surface area contributed by atoms with Gasteiger partial charge in [0.1, 0.15) is 18.7 Å². The summed E-state index contributed by atoms with van der Waals surface area (Å²) in [4.78, 5) is 23.8. The van der Waals surface area contributed by atoms with Gasteiger partial charge in [0.05, 0.1) is 17.6 Å². The van der Waals surface area contributed by atoms with Crippen LogP contribution in [0.3, 0.4) is 0 Å². The maximum atomic E-state index is 12.5. The molecule has 0 spiro atoms. The predicted octanol–water partition coefficient (Wildman–Crippen LogP) is 3.08. The molecule has 0 saturated carbocycles. The number of amides is 1. The highest BCUT2D eigenvalue weighted by molar-refractivity contribution is 5.88. The minimum atomic E-state index is -0.0868. The molecule has 2 aromatic heterocycles. The van der Waals surface area contributed by atoms with Crippen molar-refractivity contribution in [3.05, 3.63) is 48.4 Å². The molecule has 1 fully saturated rings. The molecule has 1 atom stereocenters. The van der Waals surface area contributed by atoms with Gasteiger partial charge in [-0.15, -0.1) is 0 Å². The third kappa shape index (κ3) is 3.98. The van der Waals surface area contributed by atoms with Crippen molar-refractivity contribution in [3.8, 4) is 0 Å². The number of aromatic nitrogens is 4. The zero-order valence-electron chi connectivity index (χ0n) is 16.2. The van der Waals surface area contributed by atoms with Crippen molar-refractivity contribution < 1.29 is 4.79 Å². The first-order valence-electron chi connectivity index (χ1n) is 9.98. The van der Waals surface area contributed by atoms with Gasteiger partial charge >= 0.3 is 0 Å². The predicted molar refractivity (Wildman–Crippen MR) is 109 cm³/mol. The van der Waals surface area contributed by atoms with Gasteiger partial charge in [-0.1, -0.05) is 43.2 Å². The van der Waals surface area contributed by atoms with Crippen LogP contribution < -0.4 is 10.2 Å². The zero-order chi connectivity index (χ0) is 19.3. The molecule has 4 rings (SSSR count). The second-order valence-electron chi connectivity index (χ2n) is 7.34. The maximum absolute atomic E-state index is 12.5. The van der Waals surface area contributed by atoms with E-state index in [1.54, 1.807) is 17.2 Å². The van der Waals surface area contributed by atoms with E-state index < -0.39 is 0 Å². The Morgan fingerprint density at radius 3 is 2.61 bits per heavy atom. The van der Waals surface area contributed by atoms with Gasteiger partial charge in [0, 0.05) is 13.1 Å². The number of nitrogens with zero attached hydrogens (tertiary/aromatic N) is 5. The first-order valence-corrected chi connectivity index (χ1v) is 9.98. The Bertz CT molecular complexity index is 930. The molecule has 0 aliphatic carbocycles. The number of fused-ring (bicyclic) bond motifs is 1. The van der Waals surface area contributed by atoms with E-state index in [0.29, 0.717) is 5.65 Å². The van der Waals surface area contributed by atoms with Crippen molar-refractivity contribution in [2.45, 2.75) is 45.2 Å². The second-order valence-corrected chi connectivity index (χ2v) is 7.34. The number of hydrogen-bond acceptors (Lipinski definition) is 5. The molecule has 1 aliphatic heterocycles. The highest BCUT2D eigenvalue weighted by Crippen LogP contribution is 2.25. The molecule has 0 radical (unpaired) electrons. The lowest BCUT2D eigenvalue weighted by atomic mass is 10.1. The summed E-state index contributed by atoms with van der Waals surface area (Å²) >= 11 is 0. The van der Waals surface area contributed by atoms with E-state index >= 15 is 0 Å². The van der Waals surface area contributed by atoms with Crippen LogP contribution in [0.25, 0.3) is 11.0 Å². The monoisotopic (exact) mass is 378 g/mol. The van der Waals surface area contributed by atoms with Crippen molar-refractivity contribution in [1.82, 2.24) is 25.1 Å². The summed E-state index contributed by atoms with van der Waals surface area (Å²) in [6.07, 6.45) is 8.25. The average Bonchev–Trinajstić information content (AvgIpc) is 2.94. The molecule has 28 heavy (non-hydrogen) atoms. The summed E-state index contributed by atoms with van der Waals surface area (Å²) in [5.74, 6) is 0.840. The number of hydrogen-bond donors (Lipinski definition) is 1. The molecular weight excluding hydrogens is 352 g/mol. The molecule has 1 saturated heterocycles. The van der Waals surface area contributed by atoms with Gasteiger partial charge in [-0.2, -0.15) is 5.10 Å². The SMILES string of the molecule is C[C@H](NC(=O)Cn1ncc2c(N3CCCCCC3)ncnc21)c1ccccc1. The average molecular weight is 378 g/mol. The Morgan fingerprint density at radius 1 is 1.11 bits per heavy atom. The number of carbonyl (C=O) groups is 1. The van der Waals surface area contributed by atoms with Gasteiger partial charge in [0.25, 0.3) is 0 Å². The fourth-order valence-electron chi connectivity index (χ4n) is 3.78. The minimum Gasteiger partial charge on any atom is -0.356 e. The second kappa shape index (κ2) is 8.37. The Balaban J connectivity index is 1.50. The van der Waals surface area contributed by atoms with E-state index in [1.807, 2.05) is 37.3 Å². The summed E-state index contributed by atoms with van der Waals surface area (Å²) in [5, 5.41) is 8.36. The third-order valence-corrected chi connectivity index (χ3v) is 5.29. The summed E-state index contributed by atoms with van der Waals surface area (Å²) < 4.78 is 1.66. The van der Waals surface area contributed by atoms with Crippen LogP contribution in [0.2, 0.25) is 0 Å². The van der Waals surface area contributed by atoms with E-state index in [-0.39, 0.29) is 18.5 Å². The first kappa shape index (κ1) is 18.4. The van der Waals surface area contributed by atoms with E-state index in [9.17, 15) is 4.79 Å². The van der Waals surface area contributed by atoms with Crippen LogP contribution in [-0.4, -0.2) is 38.7 Å². The molecule has 7 nitrogen and oxygen atoms in total. The highest BCUT2D eigenvalue weighted by atomic mass is 16.2. The molecule has 0 bridgehead atoms. The van der Waals surface area contributed by atoms with Crippen LogP contribution in [0.15, 0.2) is 42.9 Å². The molecule has 146 valence electrons. The molecule has 1 aliphatic rings. The van der Waals surface area contributed by atoms with Gasteiger partial charge < -0.3 is 10.2 Å². The Kier molecular flexibility index (Phi) is 5.50. The van der Waals surface area contributed by atoms with Crippen LogP contribution in [0.4, 0.5) is 5.82 Å². The summed E-state index contributed by atoms with van der Waals surface area (Å²) in [7, 11) is 0. The Hall–Kier alpha value is -2.96. The zero-order valence-corrected chi connectivity index (χ0v) is 16.2. The molecule has 0 unspecified atom stereocenters. The Labute approximate surface area is 164 Å². The number of benzene rings is 1. The van der Waals surface area contributed by atoms with Crippen LogP contribution in [-0.2, 0) is 11.3 Å². The van der Waals surface area contributed by atoms with Crippen molar-refractivity contribution in [1.29, 1.82) is 0 Å². The number of rotatable bonds is 5. The fourth-order valence-corrected chi connectivity index (χ4v) is 3.78. The topological polar surface area (TPSA) is 75.9 Å². The lowest BCUT2D eigenvalue weighted by molar-refractivity contribution is -0.122. The highest BCUT2D eigenvalue weighted by Gasteiger charge is 2.18. The number of nitrogens with one attached hydrogen (secondary N) is 1. The Morgan fingerprint density at radius 2 is 1.86 bits per heavy atom. The normalized spacial score (nSPS) is 16.0. The summed E-state index contributed by atoms with van der Waals surface area (Å²) in [5.41, 5.74) is 1.78. The van der Waals surface area contributed by atoms with Gasteiger partial charge in [0.2, 0.25) is 5.91 Å². The molecule has 3 aromatic rings.